The molecule has 3 rings (SSSR count). The number of rotatable bonds is 2. The fourth-order valence-electron chi connectivity index (χ4n) is 2.34. The Labute approximate surface area is 123 Å². The monoisotopic (exact) mass is 305 g/mol. The first-order valence-corrected chi connectivity index (χ1v) is 6.36. The van der Waals surface area contributed by atoms with E-state index in [1.807, 2.05) is 0 Å². The van der Waals surface area contributed by atoms with Gasteiger partial charge in [0.2, 0.25) is 0 Å². The van der Waals surface area contributed by atoms with Gasteiger partial charge in [0.25, 0.3) is 0 Å². The second-order valence-corrected chi connectivity index (χ2v) is 4.69. The van der Waals surface area contributed by atoms with Crippen LogP contribution in [0.1, 0.15) is 10.4 Å². The molecule has 1 aromatic heterocycles. The van der Waals surface area contributed by atoms with E-state index in [0.717, 1.165) is 12.1 Å². The number of nitrogens with one attached hydrogen (secondary N) is 1. The molecule has 2 aromatic carbocycles. The van der Waals surface area contributed by atoms with E-state index in [1.165, 1.54) is 31.4 Å². The molecule has 0 amide bonds. The average Bonchev–Trinajstić information content (AvgIpc) is 2.86. The fourth-order valence-corrected chi connectivity index (χ4v) is 2.34. The van der Waals surface area contributed by atoms with Crippen molar-refractivity contribution in [2.75, 3.05) is 7.11 Å². The lowest BCUT2D eigenvalue weighted by Gasteiger charge is -2.03. The Balaban J connectivity index is 2.33. The third kappa shape index (κ3) is 2.22. The molecule has 0 bridgehead atoms. The summed E-state index contributed by atoms with van der Waals surface area (Å²) in [5.41, 5.74) is 1.13. The van der Waals surface area contributed by atoms with E-state index in [2.05, 4.69) is 4.98 Å². The average molecular weight is 305 g/mol. The summed E-state index contributed by atoms with van der Waals surface area (Å²) in [6, 6.07) is 7.26. The quantitative estimate of drug-likeness (QED) is 0.726. The van der Waals surface area contributed by atoms with E-state index in [4.69, 9.17) is 4.74 Å². The van der Waals surface area contributed by atoms with Gasteiger partial charge in [-0.2, -0.15) is 0 Å². The number of aromatic amines is 1. The van der Waals surface area contributed by atoms with Crippen molar-refractivity contribution in [3.05, 3.63) is 59.4 Å². The predicted octanol–water partition coefficient (Wildman–Crippen LogP) is 4.04. The van der Waals surface area contributed by atoms with E-state index >= 15 is 0 Å². The van der Waals surface area contributed by atoms with Crippen LogP contribution in [0.25, 0.3) is 22.2 Å². The van der Waals surface area contributed by atoms with Crippen LogP contribution in [0.3, 0.4) is 0 Å². The summed E-state index contributed by atoms with van der Waals surface area (Å²) in [6.45, 7) is 0. The van der Waals surface area contributed by atoms with Gasteiger partial charge < -0.3 is 9.72 Å². The molecule has 1 heterocycles. The molecule has 0 radical (unpaired) electrons. The van der Waals surface area contributed by atoms with Gasteiger partial charge in [-0.1, -0.05) is 0 Å². The lowest BCUT2D eigenvalue weighted by Crippen LogP contribution is -2.02. The van der Waals surface area contributed by atoms with Gasteiger partial charge in [-0.3, -0.25) is 0 Å². The minimum absolute atomic E-state index is 0.0722. The Hall–Kier alpha value is -2.76. The zero-order valence-electron chi connectivity index (χ0n) is 11.4. The zero-order chi connectivity index (χ0) is 15.9. The number of benzene rings is 2. The molecule has 22 heavy (non-hydrogen) atoms. The molecule has 0 fully saturated rings. The number of aromatic nitrogens is 1. The Morgan fingerprint density at radius 3 is 2.32 bits per heavy atom. The topological polar surface area (TPSA) is 42.1 Å². The summed E-state index contributed by atoms with van der Waals surface area (Å²) in [5, 5.41) is 0.199. The van der Waals surface area contributed by atoms with Crippen molar-refractivity contribution >= 4 is 16.9 Å². The fraction of sp³-hybridized carbons (Fsp3) is 0.0625. The number of carbonyl (C=O) groups is 1. The van der Waals surface area contributed by atoms with Crippen molar-refractivity contribution in [2.24, 2.45) is 0 Å². The first-order chi connectivity index (χ1) is 10.5. The molecule has 0 saturated carbocycles. The van der Waals surface area contributed by atoms with E-state index in [0.29, 0.717) is 11.3 Å². The molecule has 0 spiro atoms. The molecular weight excluding hydrogens is 295 g/mol. The van der Waals surface area contributed by atoms with Crippen LogP contribution < -0.4 is 0 Å². The third-order valence-electron chi connectivity index (χ3n) is 3.36. The van der Waals surface area contributed by atoms with E-state index in [1.54, 1.807) is 0 Å². The van der Waals surface area contributed by atoms with Gasteiger partial charge >= 0.3 is 5.97 Å². The van der Waals surface area contributed by atoms with Gasteiger partial charge in [-0.25, -0.2) is 18.0 Å². The van der Waals surface area contributed by atoms with Crippen molar-refractivity contribution < 1.29 is 22.7 Å². The number of H-pyrrole nitrogens is 1. The first-order valence-electron chi connectivity index (χ1n) is 6.36. The van der Waals surface area contributed by atoms with Crippen LogP contribution in [0, 0.1) is 17.5 Å². The molecule has 1 N–H and O–H groups in total. The summed E-state index contributed by atoms with van der Waals surface area (Å²) in [6.07, 6.45) is 0. The Bertz CT molecular complexity index is 869. The highest BCUT2D eigenvalue weighted by atomic mass is 19.2. The van der Waals surface area contributed by atoms with Crippen LogP contribution in [0.4, 0.5) is 13.2 Å². The molecule has 6 heteroatoms. The molecule has 3 nitrogen and oxygen atoms in total. The molecule has 0 aliphatic carbocycles. The molecule has 3 aromatic rings. The molecule has 0 atom stereocenters. The summed E-state index contributed by atoms with van der Waals surface area (Å²) >= 11 is 0. The van der Waals surface area contributed by atoms with Crippen LogP contribution >= 0.6 is 0 Å². The highest BCUT2D eigenvalue weighted by molar-refractivity contribution is 6.10. The molecule has 112 valence electrons. The minimum atomic E-state index is -1.07. The second kappa shape index (κ2) is 5.22. The van der Waals surface area contributed by atoms with Gasteiger partial charge in [-0.15, -0.1) is 0 Å². The van der Waals surface area contributed by atoms with Gasteiger partial charge in [0.1, 0.15) is 5.82 Å². The van der Waals surface area contributed by atoms with E-state index < -0.39 is 23.4 Å². The minimum Gasteiger partial charge on any atom is -0.465 e. The highest BCUT2D eigenvalue weighted by Gasteiger charge is 2.22. The predicted molar refractivity (Wildman–Crippen MR) is 74.9 cm³/mol. The summed E-state index contributed by atoms with van der Waals surface area (Å²) in [7, 11) is 1.19. The number of halogens is 3. The first kappa shape index (κ1) is 14.2. The number of ether oxygens (including phenoxy) is 1. The summed E-state index contributed by atoms with van der Waals surface area (Å²) in [4.78, 5) is 14.9. The van der Waals surface area contributed by atoms with Crippen molar-refractivity contribution in [3.63, 3.8) is 0 Å². The Morgan fingerprint density at radius 2 is 1.68 bits per heavy atom. The number of methoxy groups -OCH3 is 1. The highest BCUT2D eigenvalue weighted by Crippen LogP contribution is 2.32. The van der Waals surface area contributed by atoms with Gasteiger partial charge in [0, 0.05) is 17.0 Å². The lowest BCUT2D eigenvalue weighted by atomic mass is 10.1. The normalized spacial score (nSPS) is 10.9. The number of hydrogen-bond donors (Lipinski definition) is 1. The van der Waals surface area contributed by atoms with E-state index in [-0.39, 0.29) is 16.5 Å². The maximum Gasteiger partial charge on any atom is 0.340 e. The van der Waals surface area contributed by atoms with Crippen LogP contribution in [-0.4, -0.2) is 18.1 Å². The largest absolute Gasteiger partial charge is 0.465 e. The van der Waals surface area contributed by atoms with Crippen LogP contribution in [0.2, 0.25) is 0 Å². The smallest absolute Gasteiger partial charge is 0.340 e. The van der Waals surface area contributed by atoms with Crippen molar-refractivity contribution in [1.29, 1.82) is 0 Å². The van der Waals surface area contributed by atoms with Crippen LogP contribution in [0.5, 0.6) is 0 Å². The van der Waals surface area contributed by atoms with Crippen LogP contribution in [-0.2, 0) is 4.74 Å². The summed E-state index contributed by atoms with van der Waals surface area (Å²) < 4.78 is 44.6. The molecular formula is C16H10F3NO2. The van der Waals surface area contributed by atoms with Crippen molar-refractivity contribution in [3.8, 4) is 11.3 Å². The number of hydrogen-bond acceptors (Lipinski definition) is 2. The maximum atomic E-state index is 13.5. The number of fused-ring (bicyclic) bond motifs is 1. The van der Waals surface area contributed by atoms with Gasteiger partial charge in [-0.05, 0) is 35.9 Å². The SMILES string of the molecule is COC(=O)c1c(-c2ccc(F)cc2)[nH]c2cc(F)c(F)cc12. The third-order valence-corrected chi connectivity index (χ3v) is 3.36. The van der Waals surface area contributed by atoms with E-state index in [9.17, 15) is 18.0 Å². The number of carbonyl (C=O) groups excluding carboxylic acids is 1. The molecule has 0 saturated heterocycles. The Kier molecular flexibility index (Phi) is 3.36. The number of esters is 1. The molecule has 0 aliphatic heterocycles. The maximum absolute atomic E-state index is 13.5. The lowest BCUT2D eigenvalue weighted by molar-refractivity contribution is 0.0604. The van der Waals surface area contributed by atoms with Gasteiger partial charge in [0.15, 0.2) is 11.6 Å². The standard InChI is InChI=1S/C16H10F3NO2/c1-22-16(21)14-10-6-11(18)12(19)7-13(10)20-15(14)8-2-4-9(17)5-3-8/h2-7,20H,1H3. The zero-order valence-corrected chi connectivity index (χ0v) is 11.4. The Morgan fingerprint density at radius 1 is 1.05 bits per heavy atom. The van der Waals surface area contributed by atoms with Crippen molar-refractivity contribution in [2.45, 2.75) is 0 Å². The molecule has 0 aliphatic rings. The molecule has 0 unspecified atom stereocenters. The summed E-state index contributed by atoms with van der Waals surface area (Å²) in [5.74, 6) is -3.23. The van der Waals surface area contributed by atoms with Crippen molar-refractivity contribution in [1.82, 2.24) is 4.98 Å². The second-order valence-electron chi connectivity index (χ2n) is 4.69. The van der Waals surface area contributed by atoms with Crippen LogP contribution in [0.15, 0.2) is 36.4 Å². The van der Waals surface area contributed by atoms with Gasteiger partial charge in [0.05, 0.1) is 18.4 Å².